The number of nitrogens with zero attached hydrogens (tertiary/aromatic N) is 1. The van der Waals surface area contributed by atoms with Gasteiger partial charge in [0.1, 0.15) is 0 Å². The Kier molecular flexibility index (Phi) is 4.22. The summed E-state index contributed by atoms with van der Waals surface area (Å²) >= 11 is 0. The van der Waals surface area contributed by atoms with Gasteiger partial charge in [0.25, 0.3) is 0 Å². The molecule has 1 fully saturated rings. The Labute approximate surface area is 101 Å². The van der Waals surface area contributed by atoms with Crippen LogP contribution in [-0.2, 0) is 0 Å². The highest BCUT2D eigenvalue weighted by Crippen LogP contribution is 2.35. The van der Waals surface area contributed by atoms with Crippen LogP contribution in [0.25, 0.3) is 0 Å². The van der Waals surface area contributed by atoms with Crippen molar-refractivity contribution in [1.82, 2.24) is 10.2 Å². The molecular formula is C10H16F6N2. The maximum atomic E-state index is 12.5. The fourth-order valence-corrected chi connectivity index (χ4v) is 2.43. The van der Waals surface area contributed by atoms with E-state index in [1.165, 1.54) is 13.8 Å². The molecule has 0 amide bonds. The summed E-state index contributed by atoms with van der Waals surface area (Å²) in [5.41, 5.74) is -1.56. The van der Waals surface area contributed by atoms with Crippen LogP contribution in [0.2, 0.25) is 0 Å². The van der Waals surface area contributed by atoms with E-state index in [1.807, 2.05) is 0 Å². The zero-order chi connectivity index (χ0) is 14.2. The van der Waals surface area contributed by atoms with Crippen LogP contribution < -0.4 is 5.32 Å². The molecule has 8 heteroatoms. The lowest BCUT2D eigenvalue weighted by molar-refractivity contribution is -0.197. The number of alkyl halides is 6. The summed E-state index contributed by atoms with van der Waals surface area (Å²) in [6, 6.07) is -0.590. The molecule has 0 radical (unpaired) electrons. The molecule has 1 rings (SSSR count). The molecule has 0 aromatic heterocycles. The smallest absolute Gasteiger partial charge is 0.313 e. The number of rotatable bonds is 2. The predicted molar refractivity (Wildman–Crippen MR) is 54.2 cm³/mol. The van der Waals surface area contributed by atoms with Crippen LogP contribution in [0.4, 0.5) is 26.3 Å². The van der Waals surface area contributed by atoms with Gasteiger partial charge in [-0.2, -0.15) is 26.3 Å². The van der Waals surface area contributed by atoms with Gasteiger partial charge in [0.15, 0.2) is 0 Å². The number of hydrogen-bond acceptors (Lipinski definition) is 2. The van der Waals surface area contributed by atoms with Gasteiger partial charge in [-0.05, 0) is 13.8 Å². The highest BCUT2D eigenvalue weighted by Gasteiger charge is 2.49. The lowest BCUT2D eigenvalue weighted by atomic mass is 9.90. The highest BCUT2D eigenvalue weighted by atomic mass is 19.4. The van der Waals surface area contributed by atoms with E-state index in [2.05, 4.69) is 5.32 Å². The van der Waals surface area contributed by atoms with Crippen molar-refractivity contribution < 1.29 is 26.3 Å². The first-order valence-corrected chi connectivity index (χ1v) is 5.54. The molecule has 1 aliphatic rings. The van der Waals surface area contributed by atoms with Gasteiger partial charge in [-0.25, -0.2) is 0 Å². The van der Waals surface area contributed by atoms with E-state index in [0.717, 1.165) is 4.90 Å². The van der Waals surface area contributed by atoms with E-state index in [9.17, 15) is 26.3 Å². The average Bonchev–Trinajstić information content (AvgIpc) is 2.07. The molecule has 2 nitrogen and oxygen atoms in total. The predicted octanol–water partition coefficient (Wildman–Crippen LogP) is 2.55. The van der Waals surface area contributed by atoms with Crippen molar-refractivity contribution >= 4 is 0 Å². The van der Waals surface area contributed by atoms with E-state index in [4.69, 9.17) is 0 Å². The summed E-state index contributed by atoms with van der Waals surface area (Å²) in [4.78, 5) is 0.900. The molecule has 2 unspecified atom stereocenters. The molecule has 1 saturated heterocycles. The molecule has 18 heavy (non-hydrogen) atoms. The van der Waals surface area contributed by atoms with Crippen LogP contribution in [0, 0.1) is 0 Å². The van der Waals surface area contributed by atoms with Crippen molar-refractivity contribution in [2.75, 3.05) is 19.6 Å². The molecule has 2 atom stereocenters. The second kappa shape index (κ2) is 4.88. The van der Waals surface area contributed by atoms with E-state index < -0.39 is 36.9 Å². The summed E-state index contributed by atoms with van der Waals surface area (Å²) in [5, 5.41) is 2.75. The zero-order valence-corrected chi connectivity index (χ0v) is 10.1. The largest absolute Gasteiger partial charge is 0.401 e. The molecule has 0 aromatic carbocycles. The molecule has 0 aromatic rings. The van der Waals surface area contributed by atoms with Gasteiger partial charge in [0.2, 0.25) is 0 Å². The van der Waals surface area contributed by atoms with Gasteiger partial charge in [0, 0.05) is 24.7 Å². The van der Waals surface area contributed by atoms with Crippen LogP contribution >= 0.6 is 0 Å². The van der Waals surface area contributed by atoms with Crippen LogP contribution in [0.1, 0.15) is 20.3 Å². The summed E-state index contributed by atoms with van der Waals surface area (Å²) < 4.78 is 74.8. The maximum Gasteiger partial charge on any atom is 0.401 e. The fraction of sp³-hybridized carbons (Fsp3) is 1.00. The molecule has 1 N–H and O–H groups in total. The lowest BCUT2D eigenvalue weighted by Crippen LogP contribution is -2.66. The third-order valence-electron chi connectivity index (χ3n) is 3.10. The van der Waals surface area contributed by atoms with Gasteiger partial charge in [-0.1, -0.05) is 0 Å². The van der Waals surface area contributed by atoms with Crippen molar-refractivity contribution in [3.05, 3.63) is 0 Å². The van der Waals surface area contributed by atoms with Gasteiger partial charge < -0.3 is 5.32 Å². The van der Waals surface area contributed by atoms with Crippen LogP contribution in [0.3, 0.4) is 0 Å². The highest BCUT2D eigenvalue weighted by molar-refractivity contribution is 4.98. The molecule has 0 bridgehead atoms. The van der Waals surface area contributed by atoms with Crippen molar-refractivity contribution in [1.29, 1.82) is 0 Å². The average molecular weight is 278 g/mol. The normalized spacial score (nSPS) is 31.7. The van der Waals surface area contributed by atoms with Crippen molar-refractivity contribution in [3.8, 4) is 0 Å². The Morgan fingerprint density at radius 1 is 1.17 bits per heavy atom. The Morgan fingerprint density at radius 3 is 2.17 bits per heavy atom. The number of nitrogens with one attached hydrogen (secondary N) is 1. The molecule has 0 aliphatic carbocycles. The maximum absolute atomic E-state index is 12.5. The van der Waals surface area contributed by atoms with Crippen LogP contribution in [-0.4, -0.2) is 48.5 Å². The second-order valence-electron chi connectivity index (χ2n) is 5.01. The van der Waals surface area contributed by atoms with Gasteiger partial charge >= 0.3 is 12.4 Å². The summed E-state index contributed by atoms with van der Waals surface area (Å²) in [6.45, 7) is 1.54. The monoisotopic (exact) mass is 278 g/mol. The second-order valence-corrected chi connectivity index (χ2v) is 5.01. The van der Waals surface area contributed by atoms with E-state index in [-0.39, 0.29) is 13.1 Å². The molecule has 1 heterocycles. The van der Waals surface area contributed by atoms with Crippen molar-refractivity contribution in [3.63, 3.8) is 0 Å². The van der Waals surface area contributed by atoms with Gasteiger partial charge in [-0.15, -0.1) is 0 Å². The Morgan fingerprint density at radius 2 is 1.72 bits per heavy atom. The standard InChI is InChI=1S/C10H16F6N2/c1-7-3-17-5-8(2,4-9(11,12)13)18(7)6-10(14,15)16/h7,17H,3-6H2,1-2H3. The first-order chi connectivity index (χ1) is 7.93. The molecular weight excluding hydrogens is 262 g/mol. The summed E-state index contributed by atoms with van der Waals surface area (Å²) in [6.07, 6.45) is -10.2. The molecule has 0 spiro atoms. The van der Waals surface area contributed by atoms with Crippen LogP contribution in [0.5, 0.6) is 0 Å². The Hall–Kier alpha value is -0.500. The SMILES string of the molecule is CC1CNCC(C)(CC(F)(F)F)N1CC(F)(F)F. The molecule has 0 saturated carbocycles. The molecule has 108 valence electrons. The van der Waals surface area contributed by atoms with E-state index >= 15 is 0 Å². The summed E-state index contributed by atoms with van der Waals surface area (Å²) in [7, 11) is 0. The van der Waals surface area contributed by atoms with E-state index in [0.29, 0.717) is 0 Å². The fourth-order valence-electron chi connectivity index (χ4n) is 2.43. The van der Waals surface area contributed by atoms with Crippen molar-refractivity contribution in [2.24, 2.45) is 0 Å². The quantitative estimate of drug-likeness (QED) is 0.781. The van der Waals surface area contributed by atoms with Gasteiger partial charge in [0.05, 0.1) is 13.0 Å². The minimum atomic E-state index is -4.50. The van der Waals surface area contributed by atoms with E-state index in [1.54, 1.807) is 0 Å². The summed E-state index contributed by atoms with van der Waals surface area (Å²) in [5.74, 6) is 0. The minimum Gasteiger partial charge on any atom is -0.313 e. The number of halogens is 6. The topological polar surface area (TPSA) is 15.3 Å². The van der Waals surface area contributed by atoms with Crippen LogP contribution in [0.15, 0.2) is 0 Å². The zero-order valence-electron chi connectivity index (χ0n) is 10.1. The lowest BCUT2D eigenvalue weighted by Gasteiger charge is -2.49. The third kappa shape index (κ3) is 4.31. The first kappa shape index (κ1) is 15.6. The first-order valence-electron chi connectivity index (χ1n) is 5.54. The Bertz CT molecular complexity index is 287. The Balaban J connectivity index is 2.90. The van der Waals surface area contributed by atoms with Gasteiger partial charge in [-0.3, -0.25) is 4.90 Å². The van der Waals surface area contributed by atoms with Crippen molar-refractivity contribution in [2.45, 2.75) is 44.2 Å². The number of hydrogen-bond donors (Lipinski definition) is 1. The number of piperazine rings is 1. The third-order valence-corrected chi connectivity index (χ3v) is 3.10. The molecule has 1 aliphatic heterocycles. The minimum absolute atomic E-state index is 0.104.